The molecular weight excluding hydrogens is 284 g/mol. The topological polar surface area (TPSA) is 56.7 Å². The van der Waals surface area contributed by atoms with Gasteiger partial charge in [-0.3, -0.25) is 4.57 Å². The minimum atomic E-state index is 0.543. The van der Waals surface area contributed by atoms with Crippen molar-refractivity contribution in [3.05, 3.63) is 78.6 Å². The van der Waals surface area contributed by atoms with Gasteiger partial charge in [-0.05, 0) is 29.8 Å². The van der Waals surface area contributed by atoms with E-state index < -0.39 is 0 Å². The molecule has 2 heterocycles. The number of nitrogens with two attached hydrogens (primary N) is 1. The molecule has 0 fully saturated rings. The van der Waals surface area contributed by atoms with E-state index >= 15 is 0 Å². The zero-order valence-electron chi connectivity index (χ0n) is 12.6. The summed E-state index contributed by atoms with van der Waals surface area (Å²) in [5.41, 5.74) is 11.6. The van der Waals surface area contributed by atoms with Gasteiger partial charge >= 0.3 is 0 Å². The van der Waals surface area contributed by atoms with Gasteiger partial charge in [0.05, 0.1) is 5.69 Å². The van der Waals surface area contributed by atoms with Gasteiger partial charge in [0.15, 0.2) is 5.65 Å². The number of benzene rings is 2. The predicted octanol–water partition coefficient (Wildman–Crippen LogP) is 3.55. The normalized spacial score (nSPS) is 11.0. The van der Waals surface area contributed by atoms with Crippen LogP contribution >= 0.6 is 0 Å². The average molecular weight is 300 g/mol. The monoisotopic (exact) mass is 300 g/mol. The molecule has 23 heavy (non-hydrogen) atoms. The molecule has 0 saturated carbocycles. The van der Waals surface area contributed by atoms with E-state index in [1.165, 1.54) is 0 Å². The Morgan fingerprint density at radius 2 is 1.65 bits per heavy atom. The van der Waals surface area contributed by atoms with Crippen LogP contribution in [0.1, 0.15) is 5.56 Å². The summed E-state index contributed by atoms with van der Waals surface area (Å²) in [6.07, 6.45) is 1.81. The number of rotatable bonds is 3. The second-order valence-electron chi connectivity index (χ2n) is 5.39. The first-order valence-corrected chi connectivity index (χ1v) is 7.54. The summed E-state index contributed by atoms with van der Waals surface area (Å²) >= 11 is 0. The van der Waals surface area contributed by atoms with Crippen LogP contribution < -0.4 is 5.73 Å². The van der Waals surface area contributed by atoms with Crippen LogP contribution in [0, 0.1) is 0 Å². The van der Waals surface area contributed by atoms with Crippen LogP contribution in [-0.2, 0) is 6.54 Å². The standard InChI is InChI=1S/C19H16N4/c20-12-14-6-8-16(9-7-14)23-13-21-18-11-10-17(22-19(18)23)15-4-2-1-3-5-15/h1-11,13H,12,20H2. The second-order valence-corrected chi connectivity index (χ2v) is 5.39. The Balaban J connectivity index is 1.84. The highest BCUT2D eigenvalue weighted by Gasteiger charge is 2.08. The van der Waals surface area contributed by atoms with Gasteiger partial charge < -0.3 is 5.73 Å². The summed E-state index contributed by atoms with van der Waals surface area (Å²) in [4.78, 5) is 9.25. The molecule has 0 spiro atoms. The lowest BCUT2D eigenvalue weighted by atomic mass is 10.1. The van der Waals surface area contributed by atoms with Gasteiger partial charge in [0, 0.05) is 17.8 Å². The molecule has 0 atom stereocenters. The van der Waals surface area contributed by atoms with Crippen molar-refractivity contribution in [3.8, 4) is 16.9 Å². The van der Waals surface area contributed by atoms with E-state index in [1.54, 1.807) is 0 Å². The quantitative estimate of drug-likeness (QED) is 0.629. The van der Waals surface area contributed by atoms with Crippen LogP contribution in [0.3, 0.4) is 0 Å². The van der Waals surface area contributed by atoms with E-state index in [0.717, 1.165) is 33.7 Å². The van der Waals surface area contributed by atoms with Gasteiger partial charge in [-0.15, -0.1) is 0 Å². The van der Waals surface area contributed by atoms with Crippen LogP contribution in [0.15, 0.2) is 73.1 Å². The zero-order chi connectivity index (χ0) is 15.6. The Bertz CT molecular complexity index is 940. The first-order valence-electron chi connectivity index (χ1n) is 7.54. The Hall–Kier alpha value is -2.98. The largest absolute Gasteiger partial charge is 0.326 e. The van der Waals surface area contributed by atoms with Crippen LogP contribution in [0.5, 0.6) is 0 Å². The number of hydrogen-bond acceptors (Lipinski definition) is 3. The van der Waals surface area contributed by atoms with Crippen molar-refractivity contribution in [3.63, 3.8) is 0 Å². The third kappa shape index (κ3) is 2.49. The molecule has 0 aliphatic heterocycles. The van der Waals surface area contributed by atoms with Gasteiger partial charge in [-0.25, -0.2) is 9.97 Å². The van der Waals surface area contributed by atoms with Crippen molar-refractivity contribution in [2.24, 2.45) is 5.73 Å². The van der Waals surface area contributed by atoms with Gasteiger partial charge in [-0.1, -0.05) is 42.5 Å². The van der Waals surface area contributed by atoms with E-state index in [1.807, 2.05) is 65.5 Å². The van der Waals surface area contributed by atoms with Gasteiger partial charge in [-0.2, -0.15) is 0 Å². The summed E-state index contributed by atoms with van der Waals surface area (Å²) in [5, 5.41) is 0. The molecule has 4 nitrogen and oxygen atoms in total. The fourth-order valence-corrected chi connectivity index (χ4v) is 2.64. The number of aromatic nitrogens is 3. The minimum Gasteiger partial charge on any atom is -0.326 e. The molecule has 0 saturated heterocycles. The maximum Gasteiger partial charge on any atom is 0.165 e. The molecule has 0 amide bonds. The van der Waals surface area contributed by atoms with Crippen LogP contribution in [-0.4, -0.2) is 14.5 Å². The summed E-state index contributed by atoms with van der Waals surface area (Å²) in [6.45, 7) is 0.543. The number of imidazole rings is 1. The van der Waals surface area contributed by atoms with Crippen molar-refractivity contribution in [2.75, 3.05) is 0 Å². The fraction of sp³-hybridized carbons (Fsp3) is 0.0526. The molecule has 0 radical (unpaired) electrons. The lowest BCUT2D eigenvalue weighted by Crippen LogP contribution is -1.98. The van der Waals surface area contributed by atoms with Gasteiger partial charge in [0.25, 0.3) is 0 Å². The van der Waals surface area contributed by atoms with E-state index in [2.05, 4.69) is 17.1 Å². The molecule has 4 heteroatoms. The molecule has 4 aromatic rings. The molecule has 2 aromatic heterocycles. The van der Waals surface area contributed by atoms with E-state index in [4.69, 9.17) is 10.7 Å². The smallest absolute Gasteiger partial charge is 0.165 e. The third-order valence-corrected chi connectivity index (χ3v) is 3.91. The molecule has 0 aliphatic rings. The Labute approximate surface area is 134 Å². The van der Waals surface area contributed by atoms with E-state index in [0.29, 0.717) is 6.54 Å². The summed E-state index contributed by atoms with van der Waals surface area (Å²) in [7, 11) is 0. The first-order chi connectivity index (χ1) is 11.3. The molecule has 0 aliphatic carbocycles. The van der Waals surface area contributed by atoms with E-state index in [-0.39, 0.29) is 0 Å². The van der Waals surface area contributed by atoms with Crippen molar-refractivity contribution in [1.82, 2.24) is 14.5 Å². The fourth-order valence-electron chi connectivity index (χ4n) is 2.64. The molecular formula is C19H16N4. The second kappa shape index (κ2) is 5.66. The molecule has 0 bridgehead atoms. The zero-order valence-corrected chi connectivity index (χ0v) is 12.6. The van der Waals surface area contributed by atoms with Crippen molar-refractivity contribution >= 4 is 11.2 Å². The Morgan fingerprint density at radius 1 is 0.870 bits per heavy atom. The highest BCUT2D eigenvalue weighted by atomic mass is 15.1. The maximum atomic E-state index is 5.66. The number of hydrogen-bond donors (Lipinski definition) is 1. The minimum absolute atomic E-state index is 0.543. The summed E-state index contributed by atoms with van der Waals surface area (Å²) in [6, 6.07) is 22.3. The number of nitrogens with zero attached hydrogens (tertiary/aromatic N) is 3. The Morgan fingerprint density at radius 3 is 2.39 bits per heavy atom. The maximum absolute atomic E-state index is 5.66. The van der Waals surface area contributed by atoms with Crippen molar-refractivity contribution in [2.45, 2.75) is 6.54 Å². The van der Waals surface area contributed by atoms with Gasteiger partial charge in [0.2, 0.25) is 0 Å². The highest BCUT2D eigenvalue weighted by Crippen LogP contribution is 2.22. The van der Waals surface area contributed by atoms with Crippen molar-refractivity contribution in [1.29, 1.82) is 0 Å². The third-order valence-electron chi connectivity index (χ3n) is 3.91. The van der Waals surface area contributed by atoms with Crippen LogP contribution in [0.25, 0.3) is 28.1 Å². The molecule has 112 valence electrons. The SMILES string of the molecule is NCc1ccc(-n2cnc3ccc(-c4ccccc4)nc32)cc1. The lowest BCUT2D eigenvalue weighted by Gasteiger charge is -2.06. The predicted molar refractivity (Wildman–Crippen MR) is 92.2 cm³/mol. The van der Waals surface area contributed by atoms with Gasteiger partial charge in [0.1, 0.15) is 11.8 Å². The average Bonchev–Trinajstić information content (AvgIpc) is 3.05. The lowest BCUT2D eigenvalue weighted by molar-refractivity contribution is 1.04. The number of fused-ring (bicyclic) bond motifs is 1. The van der Waals surface area contributed by atoms with E-state index in [9.17, 15) is 0 Å². The highest BCUT2D eigenvalue weighted by molar-refractivity contribution is 5.77. The van der Waals surface area contributed by atoms with Crippen LogP contribution in [0.2, 0.25) is 0 Å². The molecule has 2 N–H and O–H groups in total. The Kier molecular flexibility index (Phi) is 3.37. The number of pyridine rings is 1. The molecule has 4 rings (SSSR count). The summed E-state index contributed by atoms with van der Waals surface area (Å²) < 4.78 is 2.00. The molecule has 0 unspecified atom stereocenters. The van der Waals surface area contributed by atoms with Crippen molar-refractivity contribution < 1.29 is 0 Å². The first kappa shape index (κ1) is 13.7. The molecule has 2 aromatic carbocycles. The summed E-state index contributed by atoms with van der Waals surface area (Å²) in [5.74, 6) is 0. The van der Waals surface area contributed by atoms with Crippen LogP contribution in [0.4, 0.5) is 0 Å².